The quantitative estimate of drug-likeness (QED) is 0.285. The molecule has 2 N–H and O–H groups in total. The van der Waals surface area contributed by atoms with Gasteiger partial charge >= 0.3 is 6.09 Å². The predicted molar refractivity (Wildman–Crippen MR) is 24.5 cm³/mol. The van der Waals surface area contributed by atoms with Crippen LogP contribution in [-0.2, 0) is 4.84 Å². The number of rotatable bonds is 1. The minimum Gasteiger partial charge on any atom is -0.333 e. The molecule has 0 aliphatic heterocycles. The number of carbonyl (C=O) groups is 1. The molecule has 0 aliphatic carbocycles. The molecule has 0 saturated carbocycles. The first kappa shape index (κ1) is 5.94. The van der Waals surface area contributed by atoms with Crippen LogP contribution in [0.1, 0.15) is 0 Å². The monoisotopic (exact) mass is 101 g/mol. The number of hydrogen-bond donors (Lipinski definition) is 1. The average molecular weight is 101 g/mol. The van der Waals surface area contributed by atoms with E-state index in [1.54, 1.807) is 0 Å². The summed E-state index contributed by atoms with van der Waals surface area (Å²) in [7, 11) is 0. The van der Waals surface area contributed by atoms with Gasteiger partial charge in [-0.05, 0) is 6.92 Å². The highest BCUT2D eigenvalue weighted by atomic mass is 16.7. The van der Waals surface area contributed by atoms with Crippen molar-refractivity contribution in [3.05, 3.63) is 6.92 Å². The Morgan fingerprint density at radius 2 is 2.57 bits per heavy atom. The van der Waals surface area contributed by atoms with E-state index < -0.39 is 6.09 Å². The number of hydrogen-bond acceptors (Lipinski definition) is 3. The smallest absolute Gasteiger partial charge is 0.333 e. The van der Waals surface area contributed by atoms with Crippen LogP contribution in [0.3, 0.4) is 0 Å². The average Bonchev–Trinajstić information content (AvgIpc) is 1.61. The molecule has 0 aromatic heterocycles. The third-order valence-corrected chi connectivity index (χ3v) is 0.217. The molecule has 4 nitrogen and oxygen atoms in total. The van der Waals surface area contributed by atoms with Crippen LogP contribution in [0.4, 0.5) is 4.79 Å². The van der Waals surface area contributed by atoms with Gasteiger partial charge in [0.25, 0.3) is 0 Å². The van der Waals surface area contributed by atoms with E-state index in [2.05, 4.69) is 22.7 Å². The molecule has 1 radical (unpaired) electrons. The lowest BCUT2D eigenvalue weighted by atomic mass is 10.9. The first-order chi connectivity index (χ1) is 3.27. The van der Waals surface area contributed by atoms with Crippen molar-refractivity contribution in [3.63, 3.8) is 0 Å². The number of oxime groups is 1. The largest absolute Gasteiger partial charge is 0.430 e. The normalized spacial score (nSPS) is 9.29. The Bertz CT molecular complexity index is 88.9. The van der Waals surface area contributed by atoms with Crippen molar-refractivity contribution in [2.24, 2.45) is 10.9 Å². The fourth-order valence-electron chi connectivity index (χ4n) is 0.0892. The first-order valence-corrected chi connectivity index (χ1v) is 1.55. The van der Waals surface area contributed by atoms with E-state index in [1.807, 2.05) is 0 Å². The highest BCUT2D eigenvalue weighted by molar-refractivity contribution is 5.67. The molecule has 0 aromatic carbocycles. The fourth-order valence-corrected chi connectivity index (χ4v) is 0.0892. The zero-order valence-corrected chi connectivity index (χ0v) is 3.63. The van der Waals surface area contributed by atoms with E-state index in [-0.39, 0.29) is 0 Å². The molecule has 0 atom stereocenters. The van der Waals surface area contributed by atoms with Crippen molar-refractivity contribution in [2.75, 3.05) is 0 Å². The number of nitrogens with zero attached hydrogens (tertiary/aromatic N) is 1. The van der Waals surface area contributed by atoms with Crippen LogP contribution in [0, 0.1) is 6.92 Å². The molecule has 0 rings (SSSR count). The molecule has 0 heterocycles. The summed E-state index contributed by atoms with van der Waals surface area (Å²) in [5.74, 6) is 0. The van der Waals surface area contributed by atoms with Crippen molar-refractivity contribution in [1.82, 2.24) is 0 Å². The van der Waals surface area contributed by atoms with Crippen LogP contribution in [0.25, 0.3) is 0 Å². The molecule has 0 fully saturated rings. The fraction of sp³-hybridized carbons (Fsp3) is 0. The maximum atomic E-state index is 9.62. The molecule has 0 aliphatic rings. The summed E-state index contributed by atoms with van der Waals surface area (Å²) in [5, 5.41) is 2.96. The third kappa shape index (κ3) is 4.94. The van der Waals surface area contributed by atoms with Gasteiger partial charge in [-0.2, -0.15) is 0 Å². The zero-order valence-electron chi connectivity index (χ0n) is 3.63. The van der Waals surface area contributed by atoms with Gasteiger partial charge in [-0.15, -0.1) is 0 Å². The SMILES string of the molecule is [CH2]C=NOC(N)=O. The van der Waals surface area contributed by atoms with Crippen LogP contribution in [0.5, 0.6) is 0 Å². The minimum atomic E-state index is -0.931. The van der Waals surface area contributed by atoms with Crippen molar-refractivity contribution < 1.29 is 9.63 Å². The lowest BCUT2D eigenvalue weighted by molar-refractivity contribution is 0.162. The lowest BCUT2D eigenvalue weighted by Gasteiger charge is -1.82. The Hall–Kier alpha value is -1.06. The Balaban J connectivity index is 3.14. The van der Waals surface area contributed by atoms with E-state index in [9.17, 15) is 4.79 Å². The van der Waals surface area contributed by atoms with E-state index in [4.69, 9.17) is 0 Å². The predicted octanol–water partition coefficient (Wildman–Crippen LogP) is -0.0984. The van der Waals surface area contributed by atoms with Gasteiger partial charge in [0.2, 0.25) is 0 Å². The second kappa shape index (κ2) is 3.14. The second-order valence-corrected chi connectivity index (χ2v) is 0.698. The Morgan fingerprint density at radius 3 is 2.71 bits per heavy atom. The van der Waals surface area contributed by atoms with Crippen molar-refractivity contribution in [3.8, 4) is 0 Å². The van der Waals surface area contributed by atoms with Gasteiger partial charge in [-0.25, -0.2) is 4.79 Å². The van der Waals surface area contributed by atoms with Crippen LogP contribution in [0.15, 0.2) is 5.16 Å². The summed E-state index contributed by atoms with van der Waals surface area (Å²) in [6, 6.07) is 0. The third-order valence-electron chi connectivity index (χ3n) is 0.217. The van der Waals surface area contributed by atoms with Crippen LogP contribution in [-0.4, -0.2) is 12.3 Å². The summed E-state index contributed by atoms with van der Waals surface area (Å²) in [4.78, 5) is 13.5. The van der Waals surface area contributed by atoms with E-state index in [0.717, 1.165) is 6.21 Å². The Morgan fingerprint density at radius 1 is 2.00 bits per heavy atom. The molecular formula is C3H5N2O2. The number of primary amides is 1. The molecular weight excluding hydrogens is 96.0 g/mol. The van der Waals surface area contributed by atoms with Gasteiger partial charge in [0.15, 0.2) is 0 Å². The first-order valence-electron chi connectivity index (χ1n) is 1.55. The highest BCUT2D eigenvalue weighted by Gasteiger charge is 1.83. The van der Waals surface area contributed by atoms with Crippen molar-refractivity contribution in [1.29, 1.82) is 0 Å². The minimum absolute atomic E-state index is 0.931. The van der Waals surface area contributed by atoms with Crippen molar-refractivity contribution >= 4 is 12.3 Å². The van der Waals surface area contributed by atoms with Gasteiger partial charge in [0.05, 0.1) is 0 Å². The summed E-state index contributed by atoms with van der Waals surface area (Å²) in [6.07, 6.45) is 0.144. The number of amides is 1. The Kier molecular flexibility index (Phi) is 2.67. The molecule has 0 spiro atoms. The molecule has 0 saturated heterocycles. The summed E-state index contributed by atoms with van der Waals surface area (Å²) >= 11 is 0. The zero-order chi connectivity index (χ0) is 5.70. The molecule has 1 amide bonds. The molecule has 7 heavy (non-hydrogen) atoms. The molecule has 0 bridgehead atoms. The second-order valence-electron chi connectivity index (χ2n) is 0.698. The van der Waals surface area contributed by atoms with Crippen LogP contribution >= 0.6 is 0 Å². The van der Waals surface area contributed by atoms with Crippen LogP contribution in [0.2, 0.25) is 0 Å². The molecule has 0 unspecified atom stereocenters. The molecule has 0 aromatic rings. The lowest BCUT2D eigenvalue weighted by Crippen LogP contribution is -2.08. The Labute approximate surface area is 40.9 Å². The molecule has 39 valence electrons. The van der Waals surface area contributed by atoms with Gasteiger partial charge in [0.1, 0.15) is 0 Å². The van der Waals surface area contributed by atoms with E-state index in [1.165, 1.54) is 0 Å². The highest BCUT2D eigenvalue weighted by Crippen LogP contribution is 1.68. The maximum Gasteiger partial charge on any atom is 0.430 e. The number of nitrogens with two attached hydrogens (primary N) is 1. The molecule has 4 heteroatoms. The maximum absolute atomic E-state index is 9.62. The summed E-state index contributed by atoms with van der Waals surface area (Å²) < 4.78 is 0. The van der Waals surface area contributed by atoms with Gasteiger partial charge in [0, 0.05) is 6.21 Å². The van der Waals surface area contributed by atoms with Crippen LogP contribution < -0.4 is 5.73 Å². The summed E-state index contributed by atoms with van der Waals surface area (Å²) in [5.41, 5.74) is 4.48. The van der Waals surface area contributed by atoms with Gasteiger partial charge in [-0.1, -0.05) is 5.16 Å². The van der Waals surface area contributed by atoms with Gasteiger partial charge < -0.3 is 5.73 Å². The summed E-state index contributed by atoms with van der Waals surface area (Å²) in [6.45, 7) is 3.13. The van der Waals surface area contributed by atoms with E-state index in [0.29, 0.717) is 0 Å². The number of carbonyl (C=O) groups excluding carboxylic acids is 1. The van der Waals surface area contributed by atoms with Crippen molar-refractivity contribution in [2.45, 2.75) is 0 Å². The van der Waals surface area contributed by atoms with Gasteiger partial charge in [-0.3, -0.25) is 4.84 Å². The topological polar surface area (TPSA) is 64.7 Å². The van der Waals surface area contributed by atoms with E-state index >= 15 is 0 Å². The standard InChI is InChI=1S/C3H5N2O2/c1-2-5-7-3(4)6/h2H,1H2,(H2,4,6).